The number of urea groups is 1. The number of methoxy groups -OCH3 is 1. The van der Waals surface area contributed by atoms with E-state index in [0.29, 0.717) is 29.4 Å². The highest BCUT2D eigenvalue weighted by Gasteiger charge is 2.36. The number of aromatic nitrogens is 2. The van der Waals surface area contributed by atoms with Crippen LogP contribution in [0.3, 0.4) is 0 Å². The number of hydrogen-bond donors (Lipinski definition) is 2. The van der Waals surface area contributed by atoms with Crippen LogP contribution in [0, 0.1) is 5.92 Å². The number of rotatable bonds is 5. The van der Waals surface area contributed by atoms with Gasteiger partial charge in [0.15, 0.2) is 0 Å². The van der Waals surface area contributed by atoms with Crippen molar-refractivity contribution in [2.24, 2.45) is 5.92 Å². The molecule has 2 N–H and O–H groups in total. The van der Waals surface area contributed by atoms with Crippen molar-refractivity contribution in [3.8, 4) is 0 Å². The first-order valence-electron chi connectivity index (χ1n) is 9.43. The molecule has 2 heterocycles. The molecular formula is C20H24Cl2N4O3. The van der Waals surface area contributed by atoms with Crippen molar-refractivity contribution in [3.05, 3.63) is 51.5 Å². The van der Waals surface area contributed by atoms with E-state index in [2.05, 4.69) is 15.3 Å². The largest absolute Gasteiger partial charge is 0.467 e. The summed E-state index contributed by atoms with van der Waals surface area (Å²) in [5.41, 5.74) is 2.41. The van der Waals surface area contributed by atoms with Gasteiger partial charge in [0.2, 0.25) is 0 Å². The normalized spacial score (nSPS) is 17.0. The Labute approximate surface area is 179 Å². The number of hydrogen-bond acceptors (Lipinski definition) is 4. The molecule has 1 aromatic heterocycles. The molecule has 7 nitrogen and oxygen atoms in total. The summed E-state index contributed by atoms with van der Waals surface area (Å²) in [6.45, 7) is 4.41. The van der Waals surface area contributed by atoms with Gasteiger partial charge in [-0.2, -0.15) is 0 Å². The molecule has 2 atom stereocenters. The second kappa shape index (κ2) is 9.05. The summed E-state index contributed by atoms with van der Waals surface area (Å²) in [4.78, 5) is 34.6. The van der Waals surface area contributed by atoms with E-state index in [1.54, 1.807) is 29.4 Å². The second-order valence-corrected chi connectivity index (χ2v) is 8.28. The van der Waals surface area contributed by atoms with Crippen molar-refractivity contribution in [3.63, 3.8) is 0 Å². The van der Waals surface area contributed by atoms with Crippen LogP contribution in [0.1, 0.15) is 43.3 Å². The number of imidazole rings is 1. The van der Waals surface area contributed by atoms with E-state index in [1.165, 1.54) is 7.11 Å². The summed E-state index contributed by atoms with van der Waals surface area (Å²) in [5, 5.41) is 3.78. The van der Waals surface area contributed by atoms with E-state index >= 15 is 0 Å². The SMILES string of the molecule is COC(=O)[C@H](CC(C)C)NC(=O)N1CCc2[nH]cnc2C1c1ccc(Cl)cc1Cl. The molecule has 29 heavy (non-hydrogen) atoms. The molecule has 1 aromatic carbocycles. The smallest absolute Gasteiger partial charge is 0.328 e. The van der Waals surface area contributed by atoms with Gasteiger partial charge >= 0.3 is 12.0 Å². The Bertz CT molecular complexity index is 900. The van der Waals surface area contributed by atoms with Gasteiger partial charge in [0.25, 0.3) is 0 Å². The molecule has 0 bridgehead atoms. The molecule has 2 aromatic rings. The lowest BCUT2D eigenvalue weighted by Gasteiger charge is -2.36. The number of nitrogens with zero attached hydrogens (tertiary/aromatic N) is 2. The van der Waals surface area contributed by atoms with Crippen LogP contribution >= 0.6 is 23.2 Å². The van der Waals surface area contributed by atoms with E-state index in [0.717, 1.165) is 17.0 Å². The van der Waals surface area contributed by atoms with Gasteiger partial charge in [-0.15, -0.1) is 0 Å². The van der Waals surface area contributed by atoms with E-state index in [1.807, 2.05) is 13.8 Å². The molecule has 0 saturated carbocycles. The van der Waals surface area contributed by atoms with Gasteiger partial charge in [-0.3, -0.25) is 0 Å². The average molecular weight is 439 g/mol. The van der Waals surface area contributed by atoms with Crippen molar-refractivity contribution in [2.45, 2.75) is 38.8 Å². The topological polar surface area (TPSA) is 87.3 Å². The van der Waals surface area contributed by atoms with E-state index in [9.17, 15) is 9.59 Å². The Balaban J connectivity index is 1.93. The second-order valence-electron chi connectivity index (χ2n) is 7.43. The maximum atomic E-state index is 13.2. The third-order valence-corrected chi connectivity index (χ3v) is 5.50. The van der Waals surface area contributed by atoms with Crippen LogP contribution in [0.25, 0.3) is 0 Å². The summed E-state index contributed by atoms with van der Waals surface area (Å²) in [6.07, 6.45) is 2.71. The molecule has 0 radical (unpaired) electrons. The van der Waals surface area contributed by atoms with Crippen LogP contribution in [-0.2, 0) is 16.0 Å². The molecule has 9 heteroatoms. The Hall–Kier alpha value is -2.25. The highest BCUT2D eigenvalue weighted by molar-refractivity contribution is 6.35. The number of nitrogens with one attached hydrogen (secondary N) is 2. The first-order valence-corrected chi connectivity index (χ1v) is 10.2. The summed E-state index contributed by atoms with van der Waals surface area (Å²) in [6, 6.07) is 3.58. The van der Waals surface area contributed by atoms with Crippen LogP contribution in [-0.4, -0.2) is 46.6 Å². The third-order valence-electron chi connectivity index (χ3n) is 4.93. The van der Waals surface area contributed by atoms with Gasteiger partial charge in [0.1, 0.15) is 12.1 Å². The number of carbonyl (C=O) groups is 2. The Morgan fingerprint density at radius 1 is 1.38 bits per heavy atom. The molecular weight excluding hydrogens is 415 g/mol. The molecule has 0 saturated heterocycles. The zero-order valence-electron chi connectivity index (χ0n) is 16.5. The van der Waals surface area contributed by atoms with Gasteiger partial charge in [-0.05, 0) is 30.0 Å². The van der Waals surface area contributed by atoms with Gasteiger partial charge in [0, 0.05) is 28.7 Å². The fraction of sp³-hybridized carbons (Fsp3) is 0.450. The summed E-state index contributed by atoms with van der Waals surface area (Å²) in [5.74, 6) is -0.259. The first-order chi connectivity index (χ1) is 13.8. The highest BCUT2D eigenvalue weighted by atomic mass is 35.5. The zero-order valence-corrected chi connectivity index (χ0v) is 18.0. The number of ether oxygens (including phenoxy) is 1. The van der Waals surface area contributed by atoms with Crippen molar-refractivity contribution < 1.29 is 14.3 Å². The molecule has 3 rings (SSSR count). The lowest BCUT2D eigenvalue weighted by Crippen LogP contribution is -2.51. The zero-order chi connectivity index (χ0) is 21.1. The van der Waals surface area contributed by atoms with Gasteiger partial charge in [-0.1, -0.05) is 43.1 Å². The van der Waals surface area contributed by atoms with Gasteiger partial charge in [-0.25, -0.2) is 14.6 Å². The number of carbonyl (C=O) groups excluding carboxylic acids is 2. The molecule has 1 unspecified atom stereocenters. The fourth-order valence-electron chi connectivity index (χ4n) is 3.59. The molecule has 0 fully saturated rings. The molecule has 0 aliphatic carbocycles. The summed E-state index contributed by atoms with van der Waals surface area (Å²) >= 11 is 12.5. The Morgan fingerprint density at radius 2 is 2.14 bits per heavy atom. The maximum absolute atomic E-state index is 13.2. The maximum Gasteiger partial charge on any atom is 0.328 e. The molecule has 2 amide bonds. The van der Waals surface area contributed by atoms with E-state index < -0.39 is 18.1 Å². The summed E-state index contributed by atoms with van der Waals surface area (Å²) in [7, 11) is 1.31. The van der Waals surface area contributed by atoms with E-state index in [-0.39, 0.29) is 11.9 Å². The van der Waals surface area contributed by atoms with Gasteiger partial charge < -0.3 is 19.9 Å². The van der Waals surface area contributed by atoms with E-state index in [4.69, 9.17) is 27.9 Å². The number of fused-ring (bicyclic) bond motifs is 1. The molecule has 0 spiro atoms. The minimum Gasteiger partial charge on any atom is -0.467 e. The minimum absolute atomic E-state index is 0.209. The Kier molecular flexibility index (Phi) is 6.70. The van der Waals surface area contributed by atoms with Crippen LogP contribution < -0.4 is 5.32 Å². The lowest BCUT2D eigenvalue weighted by molar-refractivity contribution is -0.143. The minimum atomic E-state index is -0.727. The van der Waals surface area contributed by atoms with Crippen molar-refractivity contribution in [1.29, 1.82) is 0 Å². The van der Waals surface area contributed by atoms with Crippen LogP contribution in [0.15, 0.2) is 24.5 Å². The molecule has 156 valence electrons. The number of esters is 1. The number of benzene rings is 1. The fourth-order valence-corrected chi connectivity index (χ4v) is 4.11. The molecule has 1 aliphatic rings. The van der Waals surface area contributed by atoms with Crippen molar-refractivity contribution in [2.75, 3.05) is 13.7 Å². The summed E-state index contributed by atoms with van der Waals surface area (Å²) < 4.78 is 4.86. The van der Waals surface area contributed by atoms with Crippen molar-refractivity contribution >= 4 is 35.2 Å². The van der Waals surface area contributed by atoms with Crippen molar-refractivity contribution in [1.82, 2.24) is 20.2 Å². The standard InChI is InChI=1S/C20H24Cl2N4O3/c1-11(2)8-16(19(27)29-3)25-20(28)26-7-6-15-17(24-10-23-15)18(26)13-5-4-12(21)9-14(13)22/h4-5,9-11,16,18H,6-8H2,1-3H3,(H,23,24)(H,25,28)/t16-,18?/m0/s1. The monoisotopic (exact) mass is 438 g/mol. The number of halogens is 2. The lowest BCUT2D eigenvalue weighted by atomic mass is 9.95. The number of aromatic amines is 1. The van der Waals surface area contributed by atoms with Crippen LogP contribution in [0.2, 0.25) is 10.0 Å². The van der Waals surface area contributed by atoms with Gasteiger partial charge in [0.05, 0.1) is 19.1 Å². The quantitative estimate of drug-likeness (QED) is 0.691. The van der Waals surface area contributed by atoms with Crippen LogP contribution in [0.4, 0.5) is 4.79 Å². The number of amides is 2. The predicted molar refractivity (Wildman–Crippen MR) is 111 cm³/mol. The van der Waals surface area contributed by atoms with Crippen LogP contribution in [0.5, 0.6) is 0 Å². The predicted octanol–water partition coefficient (Wildman–Crippen LogP) is 3.96. The third kappa shape index (κ3) is 4.67. The molecule has 1 aliphatic heterocycles. The number of H-pyrrole nitrogens is 1. The average Bonchev–Trinajstić information content (AvgIpc) is 3.15. The first kappa shape index (κ1) is 21.5. The Morgan fingerprint density at radius 3 is 2.79 bits per heavy atom. The highest BCUT2D eigenvalue weighted by Crippen LogP contribution is 2.37.